The maximum atomic E-state index is 11.8. The van der Waals surface area contributed by atoms with Crippen molar-refractivity contribution in [2.75, 3.05) is 27.2 Å². The van der Waals surface area contributed by atoms with E-state index in [-0.39, 0.29) is 23.8 Å². The van der Waals surface area contributed by atoms with Crippen LogP contribution in [0.2, 0.25) is 5.02 Å². The monoisotopic (exact) mass is 325 g/mol. The molecule has 2 N–H and O–H groups in total. The minimum Gasteiger partial charge on any atom is -0.349 e. The summed E-state index contributed by atoms with van der Waals surface area (Å²) in [6.07, 6.45) is 0.286. The zero-order valence-electron chi connectivity index (χ0n) is 13.6. The minimum atomic E-state index is -0.285. The molecule has 6 heteroatoms. The molecule has 122 valence electrons. The molecule has 1 aromatic rings. The van der Waals surface area contributed by atoms with Gasteiger partial charge >= 0.3 is 6.03 Å². The number of nitrogens with one attached hydrogen (secondary N) is 2. The van der Waals surface area contributed by atoms with Gasteiger partial charge in [-0.1, -0.05) is 43.6 Å². The van der Waals surface area contributed by atoms with E-state index < -0.39 is 0 Å². The fourth-order valence-corrected chi connectivity index (χ4v) is 2.37. The summed E-state index contributed by atoms with van der Waals surface area (Å²) in [6.45, 7) is 4.80. The Morgan fingerprint density at radius 3 is 2.41 bits per heavy atom. The number of urea groups is 1. The van der Waals surface area contributed by atoms with Crippen molar-refractivity contribution in [2.45, 2.75) is 25.7 Å². The molecule has 3 amide bonds. The fourth-order valence-electron chi connectivity index (χ4n) is 1.98. The van der Waals surface area contributed by atoms with Gasteiger partial charge in [-0.3, -0.25) is 4.79 Å². The smallest absolute Gasteiger partial charge is 0.314 e. The van der Waals surface area contributed by atoms with E-state index in [1.807, 2.05) is 38.1 Å². The van der Waals surface area contributed by atoms with Crippen LogP contribution in [0.1, 0.15) is 25.8 Å². The lowest BCUT2D eigenvalue weighted by Crippen LogP contribution is -2.43. The Balaban J connectivity index is 2.43. The van der Waals surface area contributed by atoms with Gasteiger partial charge in [0.25, 0.3) is 0 Å². The van der Waals surface area contributed by atoms with E-state index in [4.69, 9.17) is 11.6 Å². The Labute approximate surface area is 137 Å². The van der Waals surface area contributed by atoms with Crippen LogP contribution in [0.15, 0.2) is 24.3 Å². The molecule has 0 aliphatic heterocycles. The average Bonchev–Trinajstić information content (AvgIpc) is 2.45. The first-order valence-electron chi connectivity index (χ1n) is 7.21. The van der Waals surface area contributed by atoms with Gasteiger partial charge in [0.05, 0.1) is 0 Å². The number of rotatable bonds is 6. The summed E-state index contributed by atoms with van der Waals surface area (Å²) in [5.41, 5.74) is 0.703. The van der Waals surface area contributed by atoms with E-state index in [0.29, 0.717) is 18.1 Å². The molecule has 0 spiro atoms. The number of nitrogens with zero attached hydrogens (tertiary/aromatic N) is 1. The van der Waals surface area contributed by atoms with Gasteiger partial charge in [0.15, 0.2) is 0 Å². The Hall–Kier alpha value is -1.75. The highest BCUT2D eigenvalue weighted by molar-refractivity contribution is 6.31. The first kappa shape index (κ1) is 18.3. The summed E-state index contributed by atoms with van der Waals surface area (Å²) in [7, 11) is 3.38. The Kier molecular flexibility index (Phi) is 6.68. The minimum absolute atomic E-state index is 0.0169. The molecule has 0 atom stereocenters. The third kappa shape index (κ3) is 5.56. The summed E-state index contributed by atoms with van der Waals surface area (Å²) in [4.78, 5) is 24.7. The third-order valence-corrected chi connectivity index (χ3v) is 3.75. The van der Waals surface area contributed by atoms with Gasteiger partial charge in [-0.05, 0) is 11.6 Å². The van der Waals surface area contributed by atoms with Gasteiger partial charge in [-0.2, -0.15) is 0 Å². The van der Waals surface area contributed by atoms with Crippen LogP contribution in [0.25, 0.3) is 0 Å². The van der Waals surface area contributed by atoms with Crippen LogP contribution in [0.4, 0.5) is 4.79 Å². The second-order valence-electron chi connectivity index (χ2n) is 6.01. The normalized spacial score (nSPS) is 11.0. The Bertz CT molecular complexity index is 530. The number of carbonyl (C=O) groups is 2. The Morgan fingerprint density at radius 2 is 1.82 bits per heavy atom. The zero-order chi connectivity index (χ0) is 16.8. The molecule has 0 aromatic heterocycles. The molecule has 5 nitrogen and oxygen atoms in total. The second kappa shape index (κ2) is 8.03. The second-order valence-corrected chi connectivity index (χ2v) is 6.42. The molecule has 0 unspecified atom stereocenters. The van der Waals surface area contributed by atoms with Crippen LogP contribution in [0, 0.1) is 0 Å². The van der Waals surface area contributed by atoms with Crippen molar-refractivity contribution in [3.05, 3.63) is 34.9 Å². The Morgan fingerprint density at radius 1 is 1.18 bits per heavy atom. The summed E-state index contributed by atoms with van der Waals surface area (Å²) in [6, 6.07) is 7.31. The largest absolute Gasteiger partial charge is 0.349 e. The lowest BCUT2D eigenvalue weighted by atomic mass is 9.84. The summed E-state index contributed by atoms with van der Waals surface area (Å²) >= 11 is 6.20. The molecule has 0 radical (unpaired) electrons. The van der Waals surface area contributed by atoms with Crippen molar-refractivity contribution in [1.29, 1.82) is 0 Å². The molecular weight excluding hydrogens is 302 g/mol. The number of carbonyl (C=O) groups excluding carboxylic acids is 2. The van der Waals surface area contributed by atoms with Crippen LogP contribution < -0.4 is 10.6 Å². The number of halogens is 1. The molecule has 0 bridgehead atoms. The maximum absolute atomic E-state index is 11.8. The highest BCUT2D eigenvalue weighted by atomic mass is 35.5. The molecule has 0 aliphatic carbocycles. The molecule has 1 rings (SSSR count). The number of benzene rings is 1. The zero-order valence-corrected chi connectivity index (χ0v) is 14.3. The van der Waals surface area contributed by atoms with E-state index in [0.717, 1.165) is 5.56 Å². The van der Waals surface area contributed by atoms with Crippen molar-refractivity contribution in [3.8, 4) is 0 Å². The summed E-state index contributed by atoms with van der Waals surface area (Å²) in [5, 5.41) is 6.18. The predicted octanol–water partition coefficient (Wildman–Crippen LogP) is 2.40. The van der Waals surface area contributed by atoms with Crippen molar-refractivity contribution in [1.82, 2.24) is 15.5 Å². The van der Waals surface area contributed by atoms with Gasteiger partial charge in [-0.15, -0.1) is 0 Å². The maximum Gasteiger partial charge on any atom is 0.314 e. The molecule has 0 fully saturated rings. The van der Waals surface area contributed by atoms with Crippen LogP contribution >= 0.6 is 11.6 Å². The van der Waals surface area contributed by atoms with Gasteiger partial charge in [-0.25, -0.2) is 4.79 Å². The lowest BCUT2D eigenvalue weighted by molar-refractivity contribution is -0.128. The highest BCUT2D eigenvalue weighted by Crippen LogP contribution is 2.28. The lowest BCUT2D eigenvalue weighted by Gasteiger charge is -2.26. The topological polar surface area (TPSA) is 61.4 Å². The SMILES string of the molecule is CN(C)C(=O)CCNC(=O)NCC(C)(C)c1ccccc1Cl. The predicted molar refractivity (Wildman–Crippen MR) is 89.2 cm³/mol. The third-order valence-electron chi connectivity index (χ3n) is 3.42. The van der Waals surface area contributed by atoms with Crippen molar-refractivity contribution < 1.29 is 9.59 Å². The van der Waals surface area contributed by atoms with Crippen LogP contribution in [0.3, 0.4) is 0 Å². The first-order valence-corrected chi connectivity index (χ1v) is 7.58. The molecule has 0 saturated carbocycles. The molecule has 0 saturated heterocycles. The quantitative estimate of drug-likeness (QED) is 0.843. The first-order chi connectivity index (χ1) is 10.2. The van der Waals surface area contributed by atoms with Crippen molar-refractivity contribution in [2.24, 2.45) is 0 Å². The van der Waals surface area contributed by atoms with Gasteiger partial charge in [0.2, 0.25) is 5.91 Å². The fraction of sp³-hybridized carbons (Fsp3) is 0.500. The summed E-state index contributed by atoms with van der Waals surface area (Å²) in [5.74, 6) is -0.0169. The van der Waals surface area contributed by atoms with Gasteiger partial charge < -0.3 is 15.5 Å². The molecule has 0 aliphatic rings. The van der Waals surface area contributed by atoms with Crippen LogP contribution in [-0.2, 0) is 10.2 Å². The average molecular weight is 326 g/mol. The molecule has 0 heterocycles. The number of hydrogen-bond donors (Lipinski definition) is 2. The summed E-state index contributed by atoms with van der Waals surface area (Å²) < 4.78 is 0. The van der Waals surface area contributed by atoms with E-state index >= 15 is 0 Å². The van der Waals surface area contributed by atoms with E-state index in [1.54, 1.807) is 14.1 Å². The molecule has 22 heavy (non-hydrogen) atoms. The molecule has 1 aromatic carbocycles. The van der Waals surface area contributed by atoms with E-state index in [1.165, 1.54) is 4.90 Å². The van der Waals surface area contributed by atoms with Gasteiger partial charge in [0, 0.05) is 44.0 Å². The standard InChI is InChI=1S/C16H24ClN3O2/c1-16(2,12-7-5-6-8-13(12)17)11-19-15(22)18-10-9-14(21)20(3)4/h5-8H,9-11H2,1-4H3,(H2,18,19,22). The van der Waals surface area contributed by atoms with Crippen LogP contribution in [0.5, 0.6) is 0 Å². The highest BCUT2D eigenvalue weighted by Gasteiger charge is 2.23. The van der Waals surface area contributed by atoms with Crippen molar-refractivity contribution in [3.63, 3.8) is 0 Å². The molecular formula is C16H24ClN3O2. The van der Waals surface area contributed by atoms with Gasteiger partial charge in [0.1, 0.15) is 0 Å². The number of hydrogen-bond acceptors (Lipinski definition) is 2. The van der Waals surface area contributed by atoms with Crippen molar-refractivity contribution >= 4 is 23.5 Å². The number of amides is 3. The van der Waals surface area contributed by atoms with E-state index in [9.17, 15) is 9.59 Å². The van der Waals surface area contributed by atoms with E-state index in [2.05, 4.69) is 10.6 Å². The van der Waals surface area contributed by atoms with Crippen LogP contribution in [-0.4, -0.2) is 44.0 Å².